The van der Waals surface area contributed by atoms with Crippen LogP contribution in [-0.2, 0) is 4.74 Å². The number of carbonyl (C=O) groups is 1. The van der Waals surface area contributed by atoms with Crippen LogP contribution in [0.4, 0.5) is 18.9 Å². The van der Waals surface area contributed by atoms with E-state index >= 15 is 0 Å². The lowest BCUT2D eigenvalue weighted by Gasteiger charge is -2.15. The topological polar surface area (TPSA) is 55.6 Å². The highest BCUT2D eigenvalue weighted by atomic mass is 19.4. The summed E-state index contributed by atoms with van der Waals surface area (Å²) in [6, 6.07) is 7.22. The van der Waals surface area contributed by atoms with Crippen LogP contribution in [0.2, 0.25) is 0 Å². The van der Waals surface area contributed by atoms with Crippen LogP contribution in [0.3, 0.4) is 0 Å². The second-order valence-electron chi connectivity index (χ2n) is 7.49. The van der Waals surface area contributed by atoms with Gasteiger partial charge in [-0.15, -0.1) is 0 Å². The lowest BCUT2D eigenvalue weighted by molar-refractivity contribution is -0.131. The maximum atomic E-state index is 12.6. The average molecular weight is 419 g/mol. The minimum absolute atomic E-state index is 0.177. The number of hydrogen-bond acceptors (Lipinski definition) is 4. The monoisotopic (exact) mass is 419 g/mol. The molecule has 3 rings (SSSR count). The van der Waals surface area contributed by atoms with Crippen LogP contribution in [0.5, 0.6) is 0 Å². The molecule has 0 aliphatic heterocycles. The molecule has 30 heavy (non-hydrogen) atoms. The molecule has 0 bridgehead atoms. The number of aryl methyl sites for hydroxylation is 1. The smallest absolute Gasteiger partial charge is 0.390 e. The third kappa shape index (κ3) is 4.58. The Morgan fingerprint density at radius 3 is 2.60 bits per heavy atom. The van der Waals surface area contributed by atoms with Gasteiger partial charge in [0.1, 0.15) is 0 Å². The highest BCUT2D eigenvalue weighted by molar-refractivity contribution is 5.91. The number of pyridine rings is 1. The van der Waals surface area contributed by atoms with Crippen molar-refractivity contribution in [3.05, 3.63) is 53.3 Å². The maximum absolute atomic E-state index is 12.6. The van der Waals surface area contributed by atoms with Gasteiger partial charge in [0.25, 0.3) is 0 Å². The quantitative estimate of drug-likeness (QED) is 0.530. The summed E-state index contributed by atoms with van der Waals surface area (Å²) in [5.74, 6) is -0.230. The zero-order valence-corrected chi connectivity index (χ0v) is 17.3. The number of methoxy groups -OCH3 is 1. The molecular weight excluding hydrogens is 395 g/mol. The van der Waals surface area contributed by atoms with E-state index in [0.29, 0.717) is 16.9 Å². The van der Waals surface area contributed by atoms with Gasteiger partial charge in [0.05, 0.1) is 36.7 Å². The van der Waals surface area contributed by atoms with Crippen molar-refractivity contribution in [3.63, 3.8) is 0 Å². The molecule has 3 aromatic rings. The first-order valence-electron chi connectivity index (χ1n) is 9.61. The number of imidazole rings is 1. The van der Waals surface area contributed by atoms with Gasteiger partial charge in [-0.05, 0) is 42.2 Å². The summed E-state index contributed by atoms with van der Waals surface area (Å²) in [6.07, 6.45) is -1.52. The molecule has 0 atom stereocenters. The van der Waals surface area contributed by atoms with E-state index in [9.17, 15) is 18.0 Å². The number of fused-ring (bicyclic) bond motifs is 1. The van der Waals surface area contributed by atoms with Crippen molar-refractivity contribution in [1.82, 2.24) is 9.38 Å². The predicted octanol–water partition coefficient (Wildman–Crippen LogP) is 5.58. The van der Waals surface area contributed by atoms with Crippen LogP contribution in [0, 0.1) is 6.92 Å². The number of nitrogens with zero attached hydrogens (tertiary/aromatic N) is 2. The number of rotatable bonds is 6. The summed E-state index contributed by atoms with van der Waals surface area (Å²) in [4.78, 5) is 16.3. The molecule has 2 aromatic heterocycles. The molecule has 0 unspecified atom stereocenters. The number of nitrogens with one attached hydrogen (secondary N) is 1. The zero-order chi connectivity index (χ0) is 22.1. The van der Waals surface area contributed by atoms with E-state index in [1.807, 2.05) is 49.6 Å². The van der Waals surface area contributed by atoms with Crippen molar-refractivity contribution in [3.8, 4) is 11.3 Å². The highest BCUT2D eigenvalue weighted by Gasteiger charge is 2.26. The minimum atomic E-state index is -4.22. The summed E-state index contributed by atoms with van der Waals surface area (Å²) >= 11 is 0. The van der Waals surface area contributed by atoms with Gasteiger partial charge in [-0.2, -0.15) is 13.2 Å². The zero-order valence-electron chi connectivity index (χ0n) is 17.3. The van der Waals surface area contributed by atoms with Gasteiger partial charge >= 0.3 is 12.1 Å². The lowest BCUT2D eigenvalue weighted by Crippen LogP contribution is -2.15. The molecule has 0 amide bonds. The van der Waals surface area contributed by atoms with Crippen molar-refractivity contribution in [2.75, 3.05) is 19.0 Å². The fraction of sp³-hybridized carbons (Fsp3) is 0.364. The van der Waals surface area contributed by atoms with E-state index in [1.165, 1.54) is 7.11 Å². The van der Waals surface area contributed by atoms with Crippen molar-refractivity contribution < 1.29 is 22.7 Å². The molecule has 0 fully saturated rings. The van der Waals surface area contributed by atoms with Gasteiger partial charge in [0.2, 0.25) is 0 Å². The minimum Gasteiger partial charge on any atom is -0.465 e. The fourth-order valence-electron chi connectivity index (χ4n) is 3.27. The van der Waals surface area contributed by atoms with E-state index < -0.39 is 18.6 Å². The van der Waals surface area contributed by atoms with Crippen LogP contribution in [-0.4, -0.2) is 35.2 Å². The fourth-order valence-corrected chi connectivity index (χ4v) is 3.27. The second kappa shape index (κ2) is 8.38. The summed E-state index contributed by atoms with van der Waals surface area (Å²) in [5.41, 5.74) is 4.94. The first-order chi connectivity index (χ1) is 14.1. The molecule has 1 aromatic carbocycles. The molecule has 2 heterocycles. The standard InChI is InChI=1S/C22H24F3N3O2/c1-13(2)16-10-18(26-8-7-22(23,24)25)20-27-11-19(28(20)12-16)15-5-6-17(14(3)9-15)21(29)30-4/h5-6,9-13,26H,7-8H2,1-4H3. The number of carbonyl (C=O) groups excluding carboxylic acids is 1. The van der Waals surface area contributed by atoms with E-state index in [2.05, 4.69) is 10.3 Å². The Bertz CT molecular complexity index is 1070. The number of anilines is 1. The Balaban J connectivity index is 2.05. The molecule has 0 aliphatic carbocycles. The van der Waals surface area contributed by atoms with Gasteiger partial charge in [-0.3, -0.25) is 4.40 Å². The number of halogens is 3. The normalized spacial score (nSPS) is 11.9. The maximum Gasteiger partial charge on any atom is 0.390 e. The van der Waals surface area contributed by atoms with Crippen LogP contribution in [0.25, 0.3) is 16.9 Å². The molecule has 5 nitrogen and oxygen atoms in total. The first kappa shape index (κ1) is 21.7. The van der Waals surface area contributed by atoms with Crippen molar-refractivity contribution in [2.24, 2.45) is 0 Å². The summed E-state index contributed by atoms with van der Waals surface area (Å²) < 4.78 is 44.4. The van der Waals surface area contributed by atoms with Gasteiger partial charge in [0.15, 0.2) is 5.65 Å². The molecule has 0 spiro atoms. The Labute approximate surface area is 172 Å². The Hall–Kier alpha value is -3.03. The van der Waals surface area contributed by atoms with Crippen LogP contribution < -0.4 is 5.32 Å². The number of alkyl halides is 3. The summed E-state index contributed by atoms with van der Waals surface area (Å²) in [5, 5.41) is 2.88. The number of benzene rings is 1. The van der Waals surface area contributed by atoms with E-state index in [4.69, 9.17) is 4.74 Å². The molecule has 8 heteroatoms. The third-order valence-electron chi connectivity index (χ3n) is 4.94. The van der Waals surface area contributed by atoms with Crippen molar-refractivity contribution in [2.45, 2.75) is 39.3 Å². The molecule has 0 radical (unpaired) electrons. The van der Waals surface area contributed by atoms with Gasteiger partial charge < -0.3 is 10.1 Å². The van der Waals surface area contributed by atoms with Crippen molar-refractivity contribution in [1.29, 1.82) is 0 Å². The molecule has 0 saturated heterocycles. The SMILES string of the molecule is COC(=O)c1ccc(-c2cnc3c(NCCC(F)(F)F)cc(C(C)C)cn23)cc1C. The van der Waals surface area contributed by atoms with Crippen LogP contribution >= 0.6 is 0 Å². The second-order valence-corrected chi connectivity index (χ2v) is 7.49. The van der Waals surface area contributed by atoms with E-state index in [-0.39, 0.29) is 12.5 Å². The Morgan fingerprint density at radius 1 is 1.27 bits per heavy atom. The number of ether oxygens (including phenoxy) is 1. The lowest BCUT2D eigenvalue weighted by atomic mass is 10.0. The average Bonchev–Trinajstić information content (AvgIpc) is 3.10. The largest absolute Gasteiger partial charge is 0.465 e. The van der Waals surface area contributed by atoms with Gasteiger partial charge in [-0.25, -0.2) is 9.78 Å². The predicted molar refractivity (Wildman–Crippen MR) is 110 cm³/mol. The van der Waals surface area contributed by atoms with E-state index in [0.717, 1.165) is 22.4 Å². The van der Waals surface area contributed by atoms with E-state index in [1.54, 1.807) is 12.3 Å². The molecule has 160 valence electrons. The van der Waals surface area contributed by atoms with Crippen LogP contribution in [0.1, 0.15) is 47.7 Å². The molecule has 0 saturated carbocycles. The number of aromatic nitrogens is 2. The Morgan fingerprint density at radius 2 is 2.00 bits per heavy atom. The van der Waals surface area contributed by atoms with Crippen LogP contribution in [0.15, 0.2) is 36.7 Å². The first-order valence-corrected chi connectivity index (χ1v) is 9.61. The number of esters is 1. The Kier molecular flexibility index (Phi) is 6.05. The molecule has 0 aliphatic rings. The molecular formula is C22H24F3N3O2. The number of hydrogen-bond donors (Lipinski definition) is 1. The van der Waals surface area contributed by atoms with Gasteiger partial charge in [-0.1, -0.05) is 19.9 Å². The summed E-state index contributed by atoms with van der Waals surface area (Å²) in [6.45, 7) is 5.64. The van der Waals surface area contributed by atoms with Gasteiger partial charge in [0, 0.05) is 18.3 Å². The summed E-state index contributed by atoms with van der Waals surface area (Å²) in [7, 11) is 1.33. The third-order valence-corrected chi connectivity index (χ3v) is 4.94. The highest BCUT2D eigenvalue weighted by Crippen LogP contribution is 2.30. The van der Waals surface area contributed by atoms with Crippen molar-refractivity contribution >= 4 is 17.3 Å². The molecule has 1 N–H and O–H groups in total.